The third-order valence-electron chi connectivity index (χ3n) is 4.73. The maximum atomic E-state index is 12.7. The van der Waals surface area contributed by atoms with Crippen molar-refractivity contribution in [2.45, 2.75) is 26.8 Å². The van der Waals surface area contributed by atoms with Crippen molar-refractivity contribution in [1.29, 1.82) is 0 Å². The summed E-state index contributed by atoms with van der Waals surface area (Å²) >= 11 is 6.36. The Morgan fingerprint density at radius 1 is 1.13 bits per heavy atom. The standard InChI is InChI=1S/C22H25ClN6O2/c1-13-11-14(2)29(27-13)15(3)21(30)26-19-9-8-16(12-18(19)23)25-22(31)17-7-6-10-24-20(17)28(4)5/h6-12,15H,1-5H3,(H,25,31)(H,26,30). The van der Waals surface area contributed by atoms with Crippen LogP contribution in [-0.2, 0) is 4.79 Å². The minimum absolute atomic E-state index is 0.240. The molecular weight excluding hydrogens is 416 g/mol. The highest BCUT2D eigenvalue weighted by Gasteiger charge is 2.19. The molecule has 162 valence electrons. The van der Waals surface area contributed by atoms with Crippen molar-refractivity contribution in [3.63, 3.8) is 0 Å². The number of hydrogen-bond donors (Lipinski definition) is 2. The lowest BCUT2D eigenvalue weighted by Gasteiger charge is -2.17. The number of carbonyl (C=O) groups excluding carboxylic acids is 2. The smallest absolute Gasteiger partial charge is 0.259 e. The van der Waals surface area contributed by atoms with E-state index in [1.165, 1.54) is 0 Å². The second-order valence-electron chi connectivity index (χ2n) is 7.45. The van der Waals surface area contributed by atoms with Crippen LogP contribution in [0.1, 0.15) is 34.7 Å². The average molecular weight is 441 g/mol. The Kier molecular flexibility index (Phi) is 6.60. The molecule has 0 saturated carbocycles. The Bertz CT molecular complexity index is 1120. The fraction of sp³-hybridized carbons (Fsp3) is 0.273. The van der Waals surface area contributed by atoms with Crippen LogP contribution >= 0.6 is 11.6 Å². The summed E-state index contributed by atoms with van der Waals surface area (Å²) in [5.41, 5.74) is 3.15. The molecule has 2 N–H and O–H groups in total. The van der Waals surface area contributed by atoms with E-state index in [1.54, 1.807) is 53.0 Å². The van der Waals surface area contributed by atoms with Gasteiger partial charge < -0.3 is 15.5 Å². The predicted molar refractivity (Wildman–Crippen MR) is 123 cm³/mol. The summed E-state index contributed by atoms with van der Waals surface area (Å²) in [6.45, 7) is 5.55. The molecule has 3 rings (SSSR count). The lowest BCUT2D eigenvalue weighted by atomic mass is 10.2. The molecule has 0 saturated heterocycles. The summed E-state index contributed by atoms with van der Waals surface area (Å²) < 4.78 is 1.67. The molecule has 3 aromatic rings. The minimum atomic E-state index is -0.501. The number of nitrogens with zero attached hydrogens (tertiary/aromatic N) is 4. The van der Waals surface area contributed by atoms with Crippen molar-refractivity contribution in [2.24, 2.45) is 0 Å². The fourth-order valence-electron chi connectivity index (χ4n) is 3.21. The molecule has 0 radical (unpaired) electrons. The summed E-state index contributed by atoms with van der Waals surface area (Å²) in [6.07, 6.45) is 1.63. The number of aryl methyl sites for hydroxylation is 2. The van der Waals surface area contributed by atoms with Crippen LogP contribution in [0.4, 0.5) is 17.2 Å². The van der Waals surface area contributed by atoms with Gasteiger partial charge in [0.05, 0.1) is 22.0 Å². The predicted octanol–water partition coefficient (Wildman–Crippen LogP) is 4.07. The summed E-state index contributed by atoms with van der Waals surface area (Å²) in [5.74, 6) is 0.0202. The Morgan fingerprint density at radius 3 is 2.48 bits per heavy atom. The van der Waals surface area contributed by atoms with Crippen LogP contribution in [-0.4, -0.2) is 40.7 Å². The first-order valence-corrected chi connectivity index (χ1v) is 10.1. The number of nitrogens with one attached hydrogen (secondary N) is 2. The summed E-state index contributed by atoms with van der Waals surface area (Å²) in [6, 6.07) is 9.75. The van der Waals surface area contributed by atoms with Crippen LogP contribution in [0.3, 0.4) is 0 Å². The van der Waals surface area contributed by atoms with E-state index in [4.69, 9.17) is 11.6 Å². The van der Waals surface area contributed by atoms with Gasteiger partial charge in [0.15, 0.2) is 0 Å². The molecule has 31 heavy (non-hydrogen) atoms. The molecule has 0 aliphatic rings. The van der Waals surface area contributed by atoms with Gasteiger partial charge in [0.25, 0.3) is 5.91 Å². The van der Waals surface area contributed by atoms with Gasteiger partial charge in [0.1, 0.15) is 11.9 Å². The Hall–Kier alpha value is -3.39. The highest BCUT2D eigenvalue weighted by atomic mass is 35.5. The monoisotopic (exact) mass is 440 g/mol. The average Bonchev–Trinajstić information content (AvgIpc) is 3.07. The molecule has 8 nitrogen and oxygen atoms in total. The van der Waals surface area contributed by atoms with Gasteiger partial charge >= 0.3 is 0 Å². The molecule has 0 aliphatic carbocycles. The maximum Gasteiger partial charge on any atom is 0.259 e. The van der Waals surface area contributed by atoms with Crippen LogP contribution in [0, 0.1) is 13.8 Å². The molecule has 0 spiro atoms. The van der Waals surface area contributed by atoms with E-state index in [2.05, 4.69) is 20.7 Å². The van der Waals surface area contributed by atoms with Crippen molar-refractivity contribution in [2.75, 3.05) is 29.6 Å². The number of rotatable bonds is 6. The number of carbonyl (C=O) groups is 2. The number of hydrogen-bond acceptors (Lipinski definition) is 5. The third kappa shape index (κ3) is 5.03. The van der Waals surface area contributed by atoms with E-state index in [-0.39, 0.29) is 11.8 Å². The first-order valence-electron chi connectivity index (χ1n) is 9.74. The normalized spacial score (nSPS) is 11.7. The molecule has 1 aromatic carbocycles. The van der Waals surface area contributed by atoms with Crippen LogP contribution in [0.25, 0.3) is 0 Å². The van der Waals surface area contributed by atoms with E-state index in [0.717, 1.165) is 11.4 Å². The Labute approximate surface area is 186 Å². The van der Waals surface area contributed by atoms with Gasteiger partial charge in [-0.1, -0.05) is 11.6 Å². The third-order valence-corrected chi connectivity index (χ3v) is 5.04. The van der Waals surface area contributed by atoms with Gasteiger partial charge in [0, 0.05) is 31.7 Å². The van der Waals surface area contributed by atoms with Crippen molar-refractivity contribution < 1.29 is 9.59 Å². The van der Waals surface area contributed by atoms with Crippen molar-refractivity contribution in [1.82, 2.24) is 14.8 Å². The zero-order chi connectivity index (χ0) is 22.7. The fourth-order valence-corrected chi connectivity index (χ4v) is 3.44. The van der Waals surface area contributed by atoms with Crippen molar-refractivity contribution in [3.8, 4) is 0 Å². The molecule has 2 heterocycles. The van der Waals surface area contributed by atoms with Gasteiger partial charge in [-0.15, -0.1) is 0 Å². The van der Waals surface area contributed by atoms with Crippen LogP contribution in [0.15, 0.2) is 42.6 Å². The molecule has 0 aliphatic heterocycles. The molecule has 2 amide bonds. The molecule has 0 bridgehead atoms. The van der Waals surface area contributed by atoms with Crippen molar-refractivity contribution >= 4 is 40.6 Å². The number of halogens is 1. The van der Waals surface area contributed by atoms with Gasteiger partial charge in [-0.05, 0) is 57.2 Å². The zero-order valence-corrected chi connectivity index (χ0v) is 18.9. The van der Waals surface area contributed by atoms with E-state index in [0.29, 0.717) is 27.8 Å². The second kappa shape index (κ2) is 9.18. The number of amides is 2. The molecule has 1 unspecified atom stereocenters. The highest BCUT2D eigenvalue weighted by Crippen LogP contribution is 2.27. The summed E-state index contributed by atoms with van der Waals surface area (Å²) in [5, 5.41) is 10.3. The van der Waals surface area contributed by atoms with E-state index >= 15 is 0 Å². The van der Waals surface area contributed by atoms with E-state index in [1.807, 2.05) is 34.0 Å². The molecule has 0 fully saturated rings. The van der Waals surface area contributed by atoms with Crippen LogP contribution < -0.4 is 15.5 Å². The molecule has 9 heteroatoms. The van der Waals surface area contributed by atoms with Crippen LogP contribution in [0.2, 0.25) is 5.02 Å². The highest BCUT2D eigenvalue weighted by molar-refractivity contribution is 6.34. The Balaban J connectivity index is 1.72. The van der Waals surface area contributed by atoms with E-state index in [9.17, 15) is 9.59 Å². The van der Waals surface area contributed by atoms with Gasteiger partial charge in [-0.25, -0.2) is 4.98 Å². The second-order valence-corrected chi connectivity index (χ2v) is 7.86. The quantitative estimate of drug-likeness (QED) is 0.602. The molecule has 2 aromatic heterocycles. The minimum Gasteiger partial charge on any atom is -0.362 e. The largest absolute Gasteiger partial charge is 0.362 e. The first-order chi connectivity index (χ1) is 14.7. The molecule has 1 atom stereocenters. The van der Waals surface area contributed by atoms with Crippen LogP contribution in [0.5, 0.6) is 0 Å². The first kappa shape index (κ1) is 22.3. The Morgan fingerprint density at radius 2 is 1.87 bits per heavy atom. The van der Waals surface area contributed by atoms with Gasteiger partial charge in [-0.3, -0.25) is 14.3 Å². The summed E-state index contributed by atoms with van der Waals surface area (Å²) in [7, 11) is 3.64. The number of anilines is 3. The lowest BCUT2D eigenvalue weighted by molar-refractivity contribution is -0.119. The van der Waals surface area contributed by atoms with Gasteiger partial charge in [0.2, 0.25) is 5.91 Å². The number of pyridine rings is 1. The number of benzene rings is 1. The lowest BCUT2D eigenvalue weighted by Crippen LogP contribution is -2.25. The zero-order valence-electron chi connectivity index (χ0n) is 18.1. The summed E-state index contributed by atoms with van der Waals surface area (Å²) in [4.78, 5) is 31.4. The SMILES string of the molecule is Cc1cc(C)n(C(C)C(=O)Nc2ccc(NC(=O)c3cccnc3N(C)C)cc2Cl)n1. The molecular formula is C22H25ClN6O2. The maximum absolute atomic E-state index is 12.7. The topological polar surface area (TPSA) is 92.2 Å². The number of aromatic nitrogens is 3. The van der Waals surface area contributed by atoms with Crippen molar-refractivity contribution in [3.05, 3.63) is 64.6 Å². The van der Waals surface area contributed by atoms with Gasteiger partial charge in [-0.2, -0.15) is 5.10 Å². The van der Waals surface area contributed by atoms with E-state index < -0.39 is 6.04 Å².